The Morgan fingerprint density at radius 2 is 2.18 bits per heavy atom. The maximum atomic E-state index is 5.19. The van der Waals surface area contributed by atoms with E-state index in [1.807, 2.05) is 13.8 Å². The van der Waals surface area contributed by atoms with Gasteiger partial charge in [-0.25, -0.2) is 0 Å². The van der Waals surface area contributed by atoms with E-state index in [1.54, 1.807) is 0 Å². The van der Waals surface area contributed by atoms with Gasteiger partial charge >= 0.3 is 0 Å². The predicted molar refractivity (Wildman–Crippen MR) is 48.9 cm³/mol. The number of ether oxygens (including phenoxy) is 1. The fourth-order valence-electron chi connectivity index (χ4n) is 1.04. The molecule has 1 fully saturated rings. The molecule has 0 aromatic carbocycles. The van der Waals surface area contributed by atoms with E-state index in [0.29, 0.717) is 6.04 Å². The molecule has 11 heavy (non-hydrogen) atoms. The molecule has 0 saturated carbocycles. The first-order valence-corrected chi connectivity index (χ1v) is 4.74. The van der Waals surface area contributed by atoms with Gasteiger partial charge in [0.1, 0.15) is 0 Å². The summed E-state index contributed by atoms with van der Waals surface area (Å²) in [5.41, 5.74) is 0. The third kappa shape index (κ3) is 5.22. The van der Waals surface area contributed by atoms with Crippen LogP contribution in [0.5, 0.6) is 0 Å². The summed E-state index contributed by atoms with van der Waals surface area (Å²) in [4.78, 5) is 0. The minimum Gasteiger partial charge on any atom is -0.380 e. The number of hydrogen-bond donors (Lipinski definition) is 1. The van der Waals surface area contributed by atoms with E-state index in [4.69, 9.17) is 4.74 Å². The summed E-state index contributed by atoms with van der Waals surface area (Å²) in [5.74, 6) is 0. The van der Waals surface area contributed by atoms with Crippen LogP contribution < -0.4 is 5.32 Å². The van der Waals surface area contributed by atoms with Crippen LogP contribution in [0.3, 0.4) is 0 Å². The molecule has 68 valence electrons. The largest absolute Gasteiger partial charge is 0.380 e. The molecular formula is C9H21NO. The molecule has 1 atom stereocenters. The van der Waals surface area contributed by atoms with Gasteiger partial charge in [0.2, 0.25) is 0 Å². The lowest BCUT2D eigenvalue weighted by molar-refractivity contribution is 0.190. The summed E-state index contributed by atoms with van der Waals surface area (Å²) < 4.78 is 5.19. The molecule has 0 radical (unpaired) electrons. The quantitative estimate of drug-likeness (QED) is 0.678. The van der Waals surface area contributed by atoms with Gasteiger partial charge in [-0.1, -0.05) is 20.8 Å². The van der Waals surface area contributed by atoms with E-state index >= 15 is 0 Å². The lowest BCUT2D eigenvalue weighted by Crippen LogP contribution is -2.29. The molecule has 1 saturated heterocycles. The van der Waals surface area contributed by atoms with E-state index in [1.165, 1.54) is 12.8 Å². The highest BCUT2D eigenvalue weighted by molar-refractivity contribution is 4.69. The van der Waals surface area contributed by atoms with Crippen LogP contribution in [0.15, 0.2) is 0 Å². The molecule has 1 aliphatic heterocycles. The number of nitrogens with one attached hydrogen (secondary N) is 1. The fraction of sp³-hybridized carbons (Fsp3) is 1.00. The summed E-state index contributed by atoms with van der Waals surface area (Å²) in [7, 11) is 0. The Kier molecular flexibility index (Phi) is 7.96. The van der Waals surface area contributed by atoms with Gasteiger partial charge < -0.3 is 10.1 Å². The van der Waals surface area contributed by atoms with Crippen LogP contribution in [0.2, 0.25) is 0 Å². The predicted octanol–water partition coefficient (Wildman–Crippen LogP) is 1.80. The highest BCUT2D eigenvalue weighted by atomic mass is 16.5. The van der Waals surface area contributed by atoms with E-state index < -0.39 is 0 Å². The summed E-state index contributed by atoms with van der Waals surface area (Å²) in [5, 5.41) is 3.41. The maximum absolute atomic E-state index is 5.19. The van der Waals surface area contributed by atoms with Gasteiger partial charge in [-0.15, -0.1) is 0 Å². The van der Waals surface area contributed by atoms with E-state index in [0.717, 1.165) is 19.8 Å². The lowest BCUT2D eigenvalue weighted by atomic mass is 10.2. The molecule has 0 aromatic rings. The molecule has 1 rings (SSSR count). The van der Waals surface area contributed by atoms with Gasteiger partial charge in [-0.05, 0) is 19.4 Å². The summed E-state index contributed by atoms with van der Waals surface area (Å²) in [6.07, 6.45) is 2.41. The van der Waals surface area contributed by atoms with Crippen molar-refractivity contribution in [3.05, 3.63) is 0 Å². The van der Waals surface area contributed by atoms with Gasteiger partial charge in [-0.2, -0.15) is 0 Å². The van der Waals surface area contributed by atoms with Gasteiger partial charge in [-0.3, -0.25) is 0 Å². The zero-order valence-corrected chi connectivity index (χ0v) is 8.02. The molecule has 2 heteroatoms. The standard InChI is InChI=1S/C7H15NO.C2H6/c1-2-4-8-7-3-5-9-6-7;1-2/h7-8H,2-6H2,1H3;1-2H3. The molecule has 1 unspecified atom stereocenters. The third-order valence-corrected chi connectivity index (χ3v) is 1.61. The summed E-state index contributed by atoms with van der Waals surface area (Å²) >= 11 is 0. The van der Waals surface area contributed by atoms with Crippen molar-refractivity contribution < 1.29 is 4.74 Å². The smallest absolute Gasteiger partial charge is 0.0620 e. The summed E-state index contributed by atoms with van der Waals surface area (Å²) in [6, 6.07) is 0.643. The van der Waals surface area contributed by atoms with Crippen LogP contribution in [0.25, 0.3) is 0 Å². The van der Waals surface area contributed by atoms with E-state index in [9.17, 15) is 0 Å². The second kappa shape index (κ2) is 8.02. The number of rotatable bonds is 3. The minimum atomic E-state index is 0.643. The molecule has 0 aliphatic carbocycles. The minimum absolute atomic E-state index is 0.643. The molecule has 1 aliphatic rings. The van der Waals surface area contributed by atoms with Gasteiger partial charge in [0, 0.05) is 12.6 Å². The fourth-order valence-corrected chi connectivity index (χ4v) is 1.04. The second-order valence-electron chi connectivity index (χ2n) is 2.51. The molecule has 1 N–H and O–H groups in total. The Bertz CT molecular complexity index is 70.0. The Hall–Kier alpha value is -0.0800. The summed E-state index contributed by atoms with van der Waals surface area (Å²) in [6.45, 7) is 9.18. The Morgan fingerprint density at radius 3 is 2.64 bits per heavy atom. The third-order valence-electron chi connectivity index (χ3n) is 1.61. The second-order valence-corrected chi connectivity index (χ2v) is 2.51. The molecule has 0 aromatic heterocycles. The van der Waals surface area contributed by atoms with E-state index in [-0.39, 0.29) is 0 Å². The first-order valence-electron chi connectivity index (χ1n) is 4.74. The average molecular weight is 159 g/mol. The molecule has 1 heterocycles. The van der Waals surface area contributed by atoms with Crippen molar-refractivity contribution in [2.45, 2.75) is 39.7 Å². The van der Waals surface area contributed by atoms with Crippen LogP contribution in [0.4, 0.5) is 0 Å². The van der Waals surface area contributed by atoms with Crippen LogP contribution in [0, 0.1) is 0 Å². The topological polar surface area (TPSA) is 21.3 Å². The van der Waals surface area contributed by atoms with Crippen molar-refractivity contribution in [2.24, 2.45) is 0 Å². The molecule has 2 nitrogen and oxygen atoms in total. The molecular weight excluding hydrogens is 138 g/mol. The highest BCUT2D eigenvalue weighted by Crippen LogP contribution is 2.02. The zero-order chi connectivity index (χ0) is 8.53. The monoisotopic (exact) mass is 159 g/mol. The number of hydrogen-bond acceptors (Lipinski definition) is 2. The van der Waals surface area contributed by atoms with E-state index in [2.05, 4.69) is 12.2 Å². The van der Waals surface area contributed by atoms with Crippen LogP contribution >= 0.6 is 0 Å². The SMILES string of the molecule is CC.CCCNC1CCOC1. The van der Waals surface area contributed by atoms with Crippen molar-refractivity contribution in [2.75, 3.05) is 19.8 Å². The Balaban J connectivity index is 0.000000461. The maximum Gasteiger partial charge on any atom is 0.0620 e. The van der Waals surface area contributed by atoms with Crippen LogP contribution in [0.1, 0.15) is 33.6 Å². The zero-order valence-electron chi connectivity index (χ0n) is 8.02. The Labute approximate surface area is 70.3 Å². The van der Waals surface area contributed by atoms with Crippen molar-refractivity contribution in [1.29, 1.82) is 0 Å². The van der Waals surface area contributed by atoms with Crippen LogP contribution in [-0.2, 0) is 4.74 Å². The van der Waals surface area contributed by atoms with Gasteiger partial charge in [0.15, 0.2) is 0 Å². The van der Waals surface area contributed by atoms with Crippen molar-refractivity contribution >= 4 is 0 Å². The van der Waals surface area contributed by atoms with Gasteiger partial charge in [0.05, 0.1) is 6.61 Å². The highest BCUT2D eigenvalue weighted by Gasteiger charge is 2.12. The van der Waals surface area contributed by atoms with Crippen molar-refractivity contribution in [1.82, 2.24) is 5.32 Å². The first-order chi connectivity index (χ1) is 5.43. The molecule has 0 bridgehead atoms. The van der Waals surface area contributed by atoms with Crippen LogP contribution in [-0.4, -0.2) is 25.8 Å². The average Bonchev–Trinajstić information content (AvgIpc) is 2.57. The molecule has 0 amide bonds. The molecule has 0 spiro atoms. The first kappa shape index (κ1) is 10.9. The normalized spacial score (nSPS) is 22.6. The van der Waals surface area contributed by atoms with Crippen molar-refractivity contribution in [3.63, 3.8) is 0 Å². The Morgan fingerprint density at radius 1 is 1.45 bits per heavy atom. The lowest BCUT2D eigenvalue weighted by Gasteiger charge is -2.07. The van der Waals surface area contributed by atoms with Gasteiger partial charge in [0.25, 0.3) is 0 Å². The van der Waals surface area contributed by atoms with Crippen molar-refractivity contribution in [3.8, 4) is 0 Å².